The van der Waals surface area contributed by atoms with E-state index in [1.54, 1.807) is 13.8 Å². The summed E-state index contributed by atoms with van der Waals surface area (Å²) in [5.74, 6) is 0.298. The van der Waals surface area contributed by atoms with Crippen LogP contribution in [0.3, 0.4) is 0 Å². The third kappa shape index (κ3) is 3.98. The summed E-state index contributed by atoms with van der Waals surface area (Å²) in [6, 6.07) is 4.06. The van der Waals surface area contributed by atoms with E-state index in [4.69, 9.17) is 0 Å². The molecule has 1 saturated heterocycles. The molecule has 1 atom stereocenters. The van der Waals surface area contributed by atoms with Gasteiger partial charge in [0, 0.05) is 24.8 Å². The molecule has 4 rings (SSSR count). The fourth-order valence-electron chi connectivity index (χ4n) is 4.09. The molecule has 1 aromatic carbocycles. The minimum atomic E-state index is -4.46. The van der Waals surface area contributed by atoms with Gasteiger partial charge in [0.05, 0.1) is 27.9 Å². The number of fused-ring (bicyclic) bond motifs is 1. The van der Waals surface area contributed by atoms with Crippen LogP contribution in [0.1, 0.15) is 32.3 Å². The van der Waals surface area contributed by atoms with Crippen LogP contribution in [0.5, 0.6) is 0 Å². The second kappa shape index (κ2) is 7.82. The summed E-state index contributed by atoms with van der Waals surface area (Å²) >= 11 is 0. The van der Waals surface area contributed by atoms with Crippen molar-refractivity contribution in [3.8, 4) is 11.1 Å². The number of rotatable bonds is 3. The molecule has 0 amide bonds. The fraction of sp³-hybridized carbons (Fsp3) is 0.409. The van der Waals surface area contributed by atoms with Crippen molar-refractivity contribution in [3.05, 3.63) is 52.7 Å². The number of pyridine rings is 1. The second-order valence-electron chi connectivity index (χ2n) is 8.74. The van der Waals surface area contributed by atoms with Gasteiger partial charge in [-0.3, -0.25) is 4.79 Å². The maximum Gasteiger partial charge on any atom is 0.416 e. The zero-order valence-electron chi connectivity index (χ0n) is 18.3. The molecule has 0 saturated carbocycles. The first kappa shape index (κ1) is 23.2. The van der Waals surface area contributed by atoms with E-state index in [9.17, 15) is 26.4 Å². The lowest BCUT2D eigenvalue weighted by Crippen LogP contribution is -2.52. The van der Waals surface area contributed by atoms with E-state index in [1.165, 1.54) is 36.3 Å². The van der Waals surface area contributed by atoms with Crippen molar-refractivity contribution >= 4 is 26.6 Å². The van der Waals surface area contributed by atoms with Crippen molar-refractivity contribution in [2.75, 3.05) is 11.1 Å². The molecule has 3 aromatic rings. The molecule has 0 aliphatic carbocycles. The molecule has 7 nitrogen and oxygen atoms in total. The molecule has 2 aromatic heterocycles. The Morgan fingerprint density at radius 1 is 1.15 bits per heavy atom. The minimum Gasteiger partial charge on any atom is -0.365 e. The summed E-state index contributed by atoms with van der Waals surface area (Å²) in [6.07, 6.45) is -0.632. The van der Waals surface area contributed by atoms with Crippen LogP contribution in [0, 0.1) is 0 Å². The molecule has 176 valence electrons. The summed E-state index contributed by atoms with van der Waals surface area (Å²) in [4.78, 5) is 21.8. The van der Waals surface area contributed by atoms with Crippen LogP contribution in [0.2, 0.25) is 0 Å². The quantitative estimate of drug-likeness (QED) is 0.613. The van der Waals surface area contributed by atoms with Crippen molar-refractivity contribution < 1.29 is 21.6 Å². The number of alkyl halides is 3. The summed E-state index contributed by atoms with van der Waals surface area (Å²) < 4.78 is 64.3. The number of benzene rings is 1. The van der Waals surface area contributed by atoms with Gasteiger partial charge in [-0.1, -0.05) is 12.1 Å². The second-order valence-corrected chi connectivity index (χ2v) is 11.4. The fourth-order valence-corrected chi connectivity index (χ4v) is 5.77. The molecule has 0 radical (unpaired) electrons. The molecule has 1 aliphatic rings. The predicted octanol–water partition coefficient (Wildman–Crippen LogP) is 3.78. The topological polar surface area (TPSA) is 93.9 Å². The lowest BCUT2D eigenvalue weighted by Gasteiger charge is -2.38. The SMILES string of the molecule is Cn1cnc2c(-c3ccc(C(F)(F)F)cc3)cnc(NC3CCCS(=O)(=O)C3(C)C)c2c1=O. The first-order chi connectivity index (χ1) is 15.3. The minimum absolute atomic E-state index is 0.0997. The number of halogens is 3. The van der Waals surface area contributed by atoms with Crippen LogP contribution in [0.15, 0.2) is 41.6 Å². The molecule has 1 fully saturated rings. The largest absolute Gasteiger partial charge is 0.416 e. The number of nitrogens with one attached hydrogen (secondary N) is 1. The van der Waals surface area contributed by atoms with E-state index >= 15 is 0 Å². The van der Waals surface area contributed by atoms with Crippen LogP contribution in [0.4, 0.5) is 19.0 Å². The number of sulfone groups is 1. The zero-order valence-corrected chi connectivity index (χ0v) is 19.1. The molecule has 0 bridgehead atoms. The third-order valence-corrected chi connectivity index (χ3v) is 9.04. The normalized spacial score (nSPS) is 20.0. The number of hydrogen-bond donors (Lipinski definition) is 1. The number of nitrogens with zero attached hydrogens (tertiary/aromatic N) is 3. The van der Waals surface area contributed by atoms with E-state index in [0.717, 1.165) is 12.1 Å². The molecule has 3 heterocycles. The molecule has 11 heteroatoms. The van der Waals surface area contributed by atoms with Gasteiger partial charge in [-0.2, -0.15) is 13.2 Å². The van der Waals surface area contributed by atoms with Gasteiger partial charge in [0.1, 0.15) is 11.2 Å². The molecule has 1 unspecified atom stereocenters. The highest BCUT2D eigenvalue weighted by Crippen LogP contribution is 2.36. The van der Waals surface area contributed by atoms with Crippen molar-refractivity contribution in [1.29, 1.82) is 0 Å². The maximum absolute atomic E-state index is 13.0. The first-order valence-corrected chi connectivity index (χ1v) is 12.0. The van der Waals surface area contributed by atoms with Crippen molar-refractivity contribution in [2.45, 2.75) is 43.7 Å². The Bertz CT molecular complexity index is 1380. The van der Waals surface area contributed by atoms with Gasteiger partial charge in [0.25, 0.3) is 5.56 Å². The van der Waals surface area contributed by atoms with Gasteiger partial charge >= 0.3 is 6.18 Å². The summed E-state index contributed by atoms with van der Waals surface area (Å²) in [6.45, 7) is 3.29. The highest BCUT2D eigenvalue weighted by atomic mass is 32.2. The molecule has 1 aliphatic heterocycles. The molecule has 33 heavy (non-hydrogen) atoms. The van der Waals surface area contributed by atoms with Gasteiger partial charge in [0.2, 0.25) is 0 Å². The maximum atomic E-state index is 13.0. The van der Waals surface area contributed by atoms with Crippen LogP contribution in [0.25, 0.3) is 22.0 Å². The lowest BCUT2D eigenvalue weighted by molar-refractivity contribution is -0.137. The number of hydrogen-bond acceptors (Lipinski definition) is 6. The molecular formula is C22H23F3N4O3S. The van der Waals surface area contributed by atoms with Crippen molar-refractivity contribution in [2.24, 2.45) is 7.05 Å². The monoisotopic (exact) mass is 480 g/mol. The molecule has 1 N–H and O–H groups in total. The van der Waals surface area contributed by atoms with Gasteiger partial charge in [-0.25, -0.2) is 18.4 Å². The smallest absolute Gasteiger partial charge is 0.365 e. The Kier molecular flexibility index (Phi) is 5.50. The summed E-state index contributed by atoms with van der Waals surface area (Å²) in [5.41, 5.74) is -0.0932. The number of anilines is 1. The highest BCUT2D eigenvalue weighted by molar-refractivity contribution is 7.92. The van der Waals surface area contributed by atoms with E-state index in [1.807, 2.05) is 0 Å². The van der Waals surface area contributed by atoms with Crippen LogP contribution >= 0.6 is 0 Å². The van der Waals surface area contributed by atoms with E-state index in [-0.39, 0.29) is 22.5 Å². The van der Waals surface area contributed by atoms with E-state index in [2.05, 4.69) is 15.3 Å². The third-order valence-electron chi connectivity index (χ3n) is 6.33. The number of aromatic nitrogens is 3. The first-order valence-electron chi connectivity index (χ1n) is 10.3. The van der Waals surface area contributed by atoms with E-state index in [0.29, 0.717) is 24.0 Å². The Morgan fingerprint density at radius 3 is 2.45 bits per heavy atom. The van der Waals surface area contributed by atoms with Crippen molar-refractivity contribution in [1.82, 2.24) is 14.5 Å². The summed E-state index contributed by atoms with van der Waals surface area (Å²) in [7, 11) is -1.82. The summed E-state index contributed by atoms with van der Waals surface area (Å²) in [5, 5.41) is 3.30. The number of aryl methyl sites for hydroxylation is 1. The Balaban J connectivity index is 1.84. The standard InChI is InChI=1S/C22H23F3N4O3S/c1-21(2)16(5-4-10-33(21,31)32)28-19-17-18(27-12-29(3)20(17)30)15(11-26-19)13-6-8-14(9-7-13)22(23,24)25/h6-9,11-12,16H,4-5,10H2,1-3H3,(H,26,28). The Morgan fingerprint density at radius 2 is 1.82 bits per heavy atom. The van der Waals surface area contributed by atoms with E-state index < -0.39 is 37.9 Å². The predicted molar refractivity (Wildman–Crippen MR) is 120 cm³/mol. The van der Waals surface area contributed by atoms with Gasteiger partial charge in [0.15, 0.2) is 9.84 Å². The average molecular weight is 481 g/mol. The van der Waals surface area contributed by atoms with Gasteiger partial charge in [-0.05, 0) is 44.4 Å². The van der Waals surface area contributed by atoms with Gasteiger partial charge < -0.3 is 9.88 Å². The molecule has 0 spiro atoms. The molecular weight excluding hydrogens is 457 g/mol. The van der Waals surface area contributed by atoms with Gasteiger partial charge in [-0.15, -0.1) is 0 Å². The zero-order chi connectivity index (χ0) is 24.2. The average Bonchev–Trinajstić information content (AvgIpc) is 2.74. The highest BCUT2D eigenvalue weighted by Gasteiger charge is 2.45. The Hall–Kier alpha value is -2.95. The van der Waals surface area contributed by atoms with Crippen LogP contribution < -0.4 is 10.9 Å². The van der Waals surface area contributed by atoms with Crippen molar-refractivity contribution in [3.63, 3.8) is 0 Å². The van der Waals surface area contributed by atoms with Crippen LogP contribution in [-0.4, -0.2) is 39.5 Å². The Labute approximate surface area is 188 Å². The van der Waals surface area contributed by atoms with Crippen LogP contribution in [-0.2, 0) is 23.1 Å². The lowest BCUT2D eigenvalue weighted by atomic mass is 9.97.